The molecule has 1 amide bonds. The van der Waals surface area contributed by atoms with E-state index in [9.17, 15) is 4.79 Å². The first-order valence-corrected chi connectivity index (χ1v) is 8.05. The van der Waals surface area contributed by atoms with Gasteiger partial charge in [-0.25, -0.2) is 0 Å². The molecule has 0 atom stereocenters. The Morgan fingerprint density at radius 1 is 1.35 bits per heavy atom. The molecular weight excluding hydrogens is 340 g/mol. The van der Waals surface area contributed by atoms with Crippen LogP contribution < -0.4 is 5.32 Å². The molecule has 1 N–H and O–H groups in total. The summed E-state index contributed by atoms with van der Waals surface area (Å²) >= 11 is 9.32. The van der Waals surface area contributed by atoms with Crippen LogP contribution in [0.1, 0.15) is 37.0 Å². The standard InChI is InChI=1S/C15H20BrClN2O/c1-15(2,19-5-3-4-6-19)10-18-14(20)11-7-12(16)9-13(17)8-11/h7-9H,3-6,10H2,1-2H3,(H,18,20). The fraction of sp³-hybridized carbons (Fsp3) is 0.533. The lowest BCUT2D eigenvalue weighted by Gasteiger charge is -2.35. The van der Waals surface area contributed by atoms with Gasteiger partial charge in [-0.3, -0.25) is 9.69 Å². The number of hydrogen-bond donors (Lipinski definition) is 1. The third-order valence-electron chi connectivity index (χ3n) is 3.77. The molecule has 20 heavy (non-hydrogen) atoms. The van der Waals surface area contributed by atoms with Crippen LogP contribution in [0.3, 0.4) is 0 Å². The second-order valence-corrected chi connectivity index (χ2v) is 7.20. The molecule has 0 bridgehead atoms. The number of nitrogens with one attached hydrogen (secondary N) is 1. The topological polar surface area (TPSA) is 32.3 Å². The number of hydrogen-bond acceptors (Lipinski definition) is 2. The summed E-state index contributed by atoms with van der Waals surface area (Å²) in [6.07, 6.45) is 2.50. The summed E-state index contributed by atoms with van der Waals surface area (Å²) in [6, 6.07) is 5.24. The van der Waals surface area contributed by atoms with E-state index in [1.54, 1.807) is 18.2 Å². The molecule has 0 saturated carbocycles. The summed E-state index contributed by atoms with van der Waals surface area (Å²) < 4.78 is 0.814. The van der Waals surface area contributed by atoms with Gasteiger partial charge in [-0.15, -0.1) is 0 Å². The average molecular weight is 360 g/mol. The van der Waals surface area contributed by atoms with Gasteiger partial charge in [-0.1, -0.05) is 27.5 Å². The van der Waals surface area contributed by atoms with Crippen molar-refractivity contribution in [3.05, 3.63) is 33.3 Å². The second kappa shape index (κ2) is 6.46. The number of nitrogens with zero attached hydrogens (tertiary/aromatic N) is 1. The minimum atomic E-state index is -0.0829. The van der Waals surface area contributed by atoms with E-state index >= 15 is 0 Å². The zero-order valence-corrected chi connectivity index (χ0v) is 14.2. The fourth-order valence-corrected chi connectivity index (χ4v) is 3.38. The normalized spacial score (nSPS) is 16.4. The van der Waals surface area contributed by atoms with E-state index in [-0.39, 0.29) is 11.4 Å². The minimum Gasteiger partial charge on any atom is -0.350 e. The van der Waals surface area contributed by atoms with Crippen LogP contribution >= 0.6 is 27.5 Å². The Hall–Kier alpha value is -0.580. The monoisotopic (exact) mass is 358 g/mol. The van der Waals surface area contributed by atoms with Crippen molar-refractivity contribution in [3.63, 3.8) is 0 Å². The first kappa shape index (κ1) is 15.8. The van der Waals surface area contributed by atoms with Crippen LogP contribution in [0.4, 0.5) is 0 Å². The van der Waals surface area contributed by atoms with Crippen molar-refractivity contribution in [2.75, 3.05) is 19.6 Å². The summed E-state index contributed by atoms with van der Waals surface area (Å²) in [5.74, 6) is -0.0829. The molecule has 1 aromatic carbocycles. The van der Waals surface area contributed by atoms with Crippen molar-refractivity contribution in [2.24, 2.45) is 0 Å². The van der Waals surface area contributed by atoms with Crippen LogP contribution in [0.15, 0.2) is 22.7 Å². The van der Waals surface area contributed by atoms with Gasteiger partial charge in [0, 0.05) is 27.1 Å². The molecule has 1 saturated heterocycles. The molecule has 5 heteroatoms. The largest absolute Gasteiger partial charge is 0.350 e. The lowest BCUT2D eigenvalue weighted by atomic mass is 10.0. The molecule has 0 spiro atoms. The number of likely N-dealkylation sites (tertiary alicyclic amines) is 1. The van der Waals surface area contributed by atoms with Gasteiger partial charge in [0.25, 0.3) is 5.91 Å². The van der Waals surface area contributed by atoms with Gasteiger partial charge in [0.05, 0.1) is 0 Å². The van der Waals surface area contributed by atoms with E-state index in [0.717, 1.165) is 17.6 Å². The molecular formula is C15H20BrClN2O. The van der Waals surface area contributed by atoms with Crippen molar-refractivity contribution in [3.8, 4) is 0 Å². The molecule has 1 heterocycles. The van der Waals surface area contributed by atoms with Crippen molar-refractivity contribution in [1.29, 1.82) is 0 Å². The maximum Gasteiger partial charge on any atom is 0.251 e. The Bertz CT molecular complexity index is 478. The van der Waals surface area contributed by atoms with Gasteiger partial charge in [0.1, 0.15) is 0 Å². The highest BCUT2D eigenvalue weighted by Gasteiger charge is 2.29. The number of carbonyl (C=O) groups excluding carboxylic acids is 1. The summed E-state index contributed by atoms with van der Waals surface area (Å²) in [5, 5.41) is 3.57. The predicted molar refractivity (Wildman–Crippen MR) is 86.4 cm³/mol. The summed E-state index contributed by atoms with van der Waals surface area (Å²) in [6.45, 7) is 7.21. The van der Waals surface area contributed by atoms with Gasteiger partial charge >= 0.3 is 0 Å². The number of amides is 1. The van der Waals surface area contributed by atoms with Crippen molar-refractivity contribution in [1.82, 2.24) is 10.2 Å². The maximum absolute atomic E-state index is 12.2. The highest BCUT2D eigenvalue weighted by atomic mass is 79.9. The lowest BCUT2D eigenvalue weighted by molar-refractivity contribution is 0.0902. The SMILES string of the molecule is CC(C)(CNC(=O)c1cc(Cl)cc(Br)c1)N1CCCC1. The second-order valence-electron chi connectivity index (χ2n) is 5.85. The molecule has 1 fully saturated rings. The lowest BCUT2D eigenvalue weighted by Crippen LogP contribution is -2.50. The van der Waals surface area contributed by atoms with Crippen LogP contribution in [0.5, 0.6) is 0 Å². The smallest absolute Gasteiger partial charge is 0.251 e. The van der Waals surface area contributed by atoms with E-state index in [0.29, 0.717) is 17.1 Å². The van der Waals surface area contributed by atoms with Gasteiger partial charge in [0.2, 0.25) is 0 Å². The number of benzene rings is 1. The highest BCUT2D eigenvalue weighted by molar-refractivity contribution is 9.10. The van der Waals surface area contributed by atoms with Crippen LogP contribution in [-0.2, 0) is 0 Å². The molecule has 0 aliphatic carbocycles. The van der Waals surface area contributed by atoms with E-state index in [2.05, 4.69) is 40.0 Å². The Morgan fingerprint density at radius 2 is 2.00 bits per heavy atom. The van der Waals surface area contributed by atoms with Gasteiger partial charge < -0.3 is 5.32 Å². The van der Waals surface area contributed by atoms with Crippen molar-refractivity contribution >= 4 is 33.4 Å². The van der Waals surface area contributed by atoms with Crippen LogP contribution in [0.25, 0.3) is 0 Å². The zero-order chi connectivity index (χ0) is 14.8. The quantitative estimate of drug-likeness (QED) is 0.889. The molecule has 1 aromatic rings. The van der Waals surface area contributed by atoms with Crippen LogP contribution in [-0.4, -0.2) is 36.0 Å². The summed E-state index contributed by atoms with van der Waals surface area (Å²) in [5.41, 5.74) is 0.573. The van der Waals surface area contributed by atoms with E-state index in [4.69, 9.17) is 11.6 Å². The average Bonchev–Trinajstić information content (AvgIpc) is 2.89. The van der Waals surface area contributed by atoms with Gasteiger partial charge in [-0.2, -0.15) is 0 Å². The molecule has 1 aliphatic heterocycles. The van der Waals surface area contributed by atoms with Crippen LogP contribution in [0, 0.1) is 0 Å². The minimum absolute atomic E-state index is 0.0119. The van der Waals surface area contributed by atoms with Crippen LogP contribution in [0.2, 0.25) is 5.02 Å². The molecule has 0 aromatic heterocycles. The third-order valence-corrected chi connectivity index (χ3v) is 4.44. The molecule has 110 valence electrons. The third kappa shape index (κ3) is 3.96. The molecule has 0 radical (unpaired) electrons. The molecule has 0 unspecified atom stereocenters. The Kier molecular flexibility index (Phi) is 5.10. The summed E-state index contributed by atoms with van der Waals surface area (Å²) in [4.78, 5) is 14.6. The first-order valence-electron chi connectivity index (χ1n) is 6.88. The van der Waals surface area contributed by atoms with E-state index in [1.807, 2.05) is 0 Å². The zero-order valence-electron chi connectivity index (χ0n) is 11.9. The van der Waals surface area contributed by atoms with E-state index in [1.165, 1.54) is 12.8 Å². The van der Waals surface area contributed by atoms with E-state index < -0.39 is 0 Å². The first-order chi connectivity index (χ1) is 9.38. The van der Waals surface area contributed by atoms with Crippen molar-refractivity contribution in [2.45, 2.75) is 32.2 Å². The maximum atomic E-state index is 12.2. The number of halogens is 2. The molecule has 1 aliphatic rings. The molecule has 2 rings (SSSR count). The predicted octanol–water partition coefficient (Wildman–Crippen LogP) is 3.71. The Balaban J connectivity index is 1.97. The Labute approximate surface area is 133 Å². The summed E-state index contributed by atoms with van der Waals surface area (Å²) in [7, 11) is 0. The van der Waals surface area contributed by atoms with Crippen molar-refractivity contribution < 1.29 is 4.79 Å². The number of carbonyl (C=O) groups is 1. The van der Waals surface area contributed by atoms with Gasteiger partial charge in [0.15, 0.2) is 0 Å². The Morgan fingerprint density at radius 3 is 2.60 bits per heavy atom. The van der Waals surface area contributed by atoms with Gasteiger partial charge in [-0.05, 0) is 58.0 Å². The fourth-order valence-electron chi connectivity index (χ4n) is 2.52. The highest BCUT2D eigenvalue weighted by Crippen LogP contribution is 2.21. The molecule has 3 nitrogen and oxygen atoms in total. The number of rotatable bonds is 4.